The summed E-state index contributed by atoms with van der Waals surface area (Å²) < 4.78 is 6.53. The Morgan fingerprint density at radius 2 is 1.91 bits per heavy atom. The van der Waals surface area contributed by atoms with Gasteiger partial charge in [0.2, 0.25) is 0 Å². The molecule has 0 unspecified atom stereocenters. The molecule has 118 valence electrons. The Morgan fingerprint density at radius 3 is 2.61 bits per heavy atom. The smallest absolute Gasteiger partial charge is 0.339 e. The second-order valence-corrected chi connectivity index (χ2v) is 5.39. The molecule has 23 heavy (non-hydrogen) atoms. The molecule has 1 aliphatic carbocycles. The van der Waals surface area contributed by atoms with Crippen LogP contribution in [0.25, 0.3) is 5.69 Å². The fraction of sp³-hybridized carbons (Fsp3) is 0.278. The van der Waals surface area contributed by atoms with Gasteiger partial charge in [0.1, 0.15) is 0 Å². The fourth-order valence-corrected chi connectivity index (χ4v) is 2.98. The topological polar surface area (TPSA) is 65.4 Å². The van der Waals surface area contributed by atoms with Crippen LogP contribution in [0.3, 0.4) is 0 Å². The molecule has 0 bridgehead atoms. The lowest BCUT2D eigenvalue weighted by atomic mass is 9.90. The summed E-state index contributed by atoms with van der Waals surface area (Å²) in [6.45, 7) is 1.89. The maximum absolute atomic E-state index is 12.6. The molecule has 1 heterocycles. The number of pyridine rings is 1. The third-order valence-corrected chi connectivity index (χ3v) is 3.92. The number of para-hydroxylation sites is 1. The summed E-state index contributed by atoms with van der Waals surface area (Å²) in [5.74, 6) is -0.727. The highest BCUT2D eigenvalue weighted by Gasteiger charge is 2.28. The summed E-state index contributed by atoms with van der Waals surface area (Å²) in [6.07, 6.45) is 1.63. The zero-order valence-electron chi connectivity index (χ0n) is 12.9. The van der Waals surface area contributed by atoms with E-state index in [0.717, 1.165) is 0 Å². The highest BCUT2D eigenvalue weighted by Crippen LogP contribution is 2.26. The number of hydrogen-bond donors (Lipinski definition) is 0. The number of carbonyl (C=O) groups is 2. The van der Waals surface area contributed by atoms with Crippen molar-refractivity contribution in [2.75, 3.05) is 6.61 Å². The van der Waals surface area contributed by atoms with Crippen molar-refractivity contribution in [1.82, 2.24) is 4.57 Å². The monoisotopic (exact) mass is 311 g/mol. The van der Waals surface area contributed by atoms with Crippen LogP contribution in [0.1, 0.15) is 46.2 Å². The minimum atomic E-state index is -0.615. The van der Waals surface area contributed by atoms with Gasteiger partial charge in [-0.1, -0.05) is 18.2 Å². The van der Waals surface area contributed by atoms with E-state index in [2.05, 4.69) is 0 Å². The van der Waals surface area contributed by atoms with Crippen LogP contribution in [0.4, 0.5) is 0 Å². The van der Waals surface area contributed by atoms with Crippen LogP contribution >= 0.6 is 0 Å². The number of ether oxygens (including phenoxy) is 1. The molecule has 0 atom stereocenters. The second-order valence-electron chi connectivity index (χ2n) is 5.39. The lowest BCUT2D eigenvalue weighted by Gasteiger charge is -2.22. The van der Waals surface area contributed by atoms with E-state index < -0.39 is 5.97 Å². The van der Waals surface area contributed by atoms with E-state index >= 15 is 0 Å². The van der Waals surface area contributed by atoms with Crippen LogP contribution in [0.15, 0.2) is 41.2 Å². The van der Waals surface area contributed by atoms with Gasteiger partial charge in [0, 0.05) is 23.9 Å². The fourth-order valence-electron chi connectivity index (χ4n) is 2.98. The number of rotatable bonds is 3. The van der Waals surface area contributed by atoms with Crippen molar-refractivity contribution in [1.29, 1.82) is 0 Å². The van der Waals surface area contributed by atoms with Crippen LogP contribution in [0, 0.1) is 0 Å². The van der Waals surface area contributed by atoms with Gasteiger partial charge < -0.3 is 4.74 Å². The predicted molar refractivity (Wildman–Crippen MR) is 85.3 cm³/mol. The number of esters is 1. The molecule has 3 rings (SSSR count). The SMILES string of the molecule is CCOC(=O)c1cc(=O)n(-c2ccccc2)c2c1C(=O)CCC2. The lowest BCUT2D eigenvalue weighted by Crippen LogP contribution is -2.30. The van der Waals surface area contributed by atoms with E-state index in [-0.39, 0.29) is 23.5 Å². The molecule has 0 aliphatic heterocycles. The summed E-state index contributed by atoms with van der Waals surface area (Å²) in [6, 6.07) is 10.4. The molecular weight excluding hydrogens is 294 g/mol. The molecule has 0 spiro atoms. The minimum Gasteiger partial charge on any atom is -0.462 e. The van der Waals surface area contributed by atoms with Gasteiger partial charge >= 0.3 is 5.97 Å². The van der Waals surface area contributed by atoms with Crippen molar-refractivity contribution in [3.05, 3.63) is 63.6 Å². The summed E-state index contributed by atoms with van der Waals surface area (Å²) in [5.41, 5.74) is 1.39. The van der Waals surface area contributed by atoms with Crippen molar-refractivity contribution in [2.24, 2.45) is 0 Å². The Bertz CT molecular complexity index is 821. The highest BCUT2D eigenvalue weighted by atomic mass is 16.5. The summed E-state index contributed by atoms with van der Waals surface area (Å²) in [5, 5.41) is 0. The van der Waals surface area contributed by atoms with Crippen molar-refractivity contribution in [3.63, 3.8) is 0 Å². The molecular formula is C18H17NO4. The molecule has 0 radical (unpaired) electrons. The number of carbonyl (C=O) groups excluding carboxylic acids is 2. The number of fused-ring (bicyclic) bond motifs is 1. The van der Waals surface area contributed by atoms with Gasteiger partial charge in [-0.15, -0.1) is 0 Å². The lowest BCUT2D eigenvalue weighted by molar-refractivity contribution is 0.0522. The van der Waals surface area contributed by atoms with Crippen LogP contribution in [0.5, 0.6) is 0 Å². The summed E-state index contributed by atoms with van der Waals surface area (Å²) >= 11 is 0. The third kappa shape index (κ3) is 2.70. The molecule has 1 aliphatic rings. The number of Topliss-reactive ketones (excluding diaryl/α,β-unsaturated/α-hetero) is 1. The average Bonchev–Trinajstić information content (AvgIpc) is 2.55. The molecule has 2 aromatic rings. The van der Waals surface area contributed by atoms with Crippen LogP contribution < -0.4 is 5.56 Å². The second kappa shape index (κ2) is 6.20. The number of hydrogen-bond acceptors (Lipinski definition) is 4. The molecule has 0 N–H and O–H groups in total. The predicted octanol–water partition coefficient (Wildman–Crippen LogP) is 2.53. The van der Waals surface area contributed by atoms with E-state index in [1.165, 1.54) is 10.6 Å². The van der Waals surface area contributed by atoms with E-state index in [0.29, 0.717) is 36.2 Å². The first-order valence-corrected chi connectivity index (χ1v) is 7.68. The van der Waals surface area contributed by atoms with Gasteiger partial charge in [-0.3, -0.25) is 14.2 Å². The number of aromatic nitrogens is 1. The Morgan fingerprint density at radius 1 is 1.17 bits per heavy atom. The van der Waals surface area contributed by atoms with E-state index in [4.69, 9.17) is 4.74 Å². The molecule has 0 fully saturated rings. The zero-order chi connectivity index (χ0) is 16.4. The summed E-state index contributed by atoms with van der Waals surface area (Å²) in [7, 11) is 0. The maximum atomic E-state index is 12.6. The van der Waals surface area contributed by atoms with Gasteiger partial charge in [0.25, 0.3) is 5.56 Å². The van der Waals surface area contributed by atoms with Crippen LogP contribution in [0.2, 0.25) is 0 Å². The number of benzene rings is 1. The van der Waals surface area contributed by atoms with E-state index in [9.17, 15) is 14.4 Å². The van der Waals surface area contributed by atoms with Gasteiger partial charge in [-0.05, 0) is 31.9 Å². The zero-order valence-corrected chi connectivity index (χ0v) is 12.9. The molecule has 0 amide bonds. The van der Waals surface area contributed by atoms with Crippen molar-refractivity contribution >= 4 is 11.8 Å². The first-order chi connectivity index (χ1) is 11.1. The first-order valence-electron chi connectivity index (χ1n) is 7.68. The van der Waals surface area contributed by atoms with Crippen molar-refractivity contribution in [3.8, 4) is 5.69 Å². The van der Waals surface area contributed by atoms with Gasteiger partial charge in [-0.25, -0.2) is 4.79 Å². The molecule has 0 saturated heterocycles. The van der Waals surface area contributed by atoms with E-state index in [1.54, 1.807) is 6.92 Å². The van der Waals surface area contributed by atoms with Gasteiger partial charge in [-0.2, -0.15) is 0 Å². The molecule has 5 nitrogen and oxygen atoms in total. The number of nitrogens with zero attached hydrogens (tertiary/aromatic N) is 1. The Hall–Kier alpha value is -2.69. The van der Waals surface area contributed by atoms with Crippen LogP contribution in [-0.4, -0.2) is 22.9 Å². The number of ketones is 1. The maximum Gasteiger partial charge on any atom is 0.339 e. The minimum absolute atomic E-state index is 0.0868. The average molecular weight is 311 g/mol. The Kier molecular flexibility index (Phi) is 4.10. The molecule has 5 heteroatoms. The largest absolute Gasteiger partial charge is 0.462 e. The Labute approximate surface area is 133 Å². The third-order valence-electron chi connectivity index (χ3n) is 3.92. The Balaban J connectivity index is 2.29. The first kappa shape index (κ1) is 15.2. The molecule has 1 aromatic heterocycles. The highest BCUT2D eigenvalue weighted by molar-refractivity contribution is 6.07. The van der Waals surface area contributed by atoms with Crippen molar-refractivity contribution in [2.45, 2.75) is 26.2 Å². The van der Waals surface area contributed by atoms with Gasteiger partial charge in [0.05, 0.1) is 17.7 Å². The van der Waals surface area contributed by atoms with Crippen molar-refractivity contribution < 1.29 is 14.3 Å². The van der Waals surface area contributed by atoms with E-state index in [1.807, 2.05) is 30.3 Å². The standard InChI is InChI=1S/C18H17NO4/c1-2-23-18(22)13-11-16(21)19(12-7-4-3-5-8-12)14-9-6-10-15(20)17(13)14/h3-5,7-8,11H,2,6,9-10H2,1H3. The normalized spacial score (nSPS) is 13.5. The summed E-state index contributed by atoms with van der Waals surface area (Å²) in [4.78, 5) is 37.1. The molecule has 1 aromatic carbocycles. The van der Waals surface area contributed by atoms with Crippen LogP contribution in [-0.2, 0) is 11.2 Å². The molecule has 0 saturated carbocycles. The van der Waals surface area contributed by atoms with Gasteiger partial charge in [0.15, 0.2) is 5.78 Å². The quantitative estimate of drug-likeness (QED) is 0.817.